The zero-order valence-corrected chi connectivity index (χ0v) is 15.6. The lowest BCUT2D eigenvalue weighted by Crippen LogP contribution is -2.11. The first kappa shape index (κ1) is 17.2. The minimum absolute atomic E-state index is 0.146. The van der Waals surface area contributed by atoms with Crippen LogP contribution in [0.15, 0.2) is 66.3 Å². The van der Waals surface area contributed by atoms with E-state index in [1.807, 2.05) is 54.8 Å². The van der Waals surface area contributed by atoms with Crippen molar-refractivity contribution in [2.24, 2.45) is 0 Å². The number of hydrogen-bond donors (Lipinski definition) is 2. The van der Waals surface area contributed by atoms with E-state index in [4.69, 9.17) is 0 Å². The van der Waals surface area contributed by atoms with E-state index in [-0.39, 0.29) is 5.91 Å². The van der Waals surface area contributed by atoms with Crippen molar-refractivity contribution in [3.05, 3.63) is 83.0 Å². The van der Waals surface area contributed by atoms with Gasteiger partial charge in [-0.05, 0) is 24.6 Å². The average Bonchev–Trinajstić information content (AvgIpc) is 3.11. The third-order valence-electron chi connectivity index (χ3n) is 4.22. The average molecular weight is 374 g/mol. The summed E-state index contributed by atoms with van der Waals surface area (Å²) >= 11 is 1.51. The molecule has 2 N–H and O–H groups in total. The van der Waals surface area contributed by atoms with E-state index in [2.05, 4.69) is 32.7 Å². The molecular weight excluding hydrogens is 356 g/mol. The molecule has 0 fully saturated rings. The molecule has 0 aliphatic carbocycles. The molecule has 0 bridgehead atoms. The summed E-state index contributed by atoms with van der Waals surface area (Å²) in [6.45, 7) is 2.67. The first-order chi connectivity index (χ1) is 13.2. The van der Waals surface area contributed by atoms with Gasteiger partial charge in [0.25, 0.3) is 5.91 Å². The van der Waals surface area contributed by atoms with E-state index in [1.165, 1.54) is 23.2 Å². The summed E-state index contributed by atoms with van der Waals surface area (Å²) in [7, 11) is 0. The second-order valence-electron chi connectivity index (χ2n) is 6.21. The van der Waals surface area contributed by atoms with Gasteiger partial charge in [0, 0.05) is 17.5 Å². The molecule has 6 heteroatoms. The van der Waals surface area contributed by atoms with Gasteiger partial charge in [-0.15, -0.1) is 11.3 Å². The third-order valence-corrected chi connectivity index (χ3v) is 5.19. The highest BCUT2D eigenvalue weighted by Gasteiger charge is 2.13. The molecule has 0 aliphatic rings. The van der Waals surface area contributed by atoms with Crippen molar-refractivity contribution in [2.45, 2.75) is 13.5 Å². The van der Waals surface area contributed by atoms with Crippen molar-refractivity contribution in [3.8, 4) is 0 Å². The number of fused-ring (bicyclic) bond motifs is 1. The number of rotatable bonds is 5. The van der Waals surface area contributed by atoms with Crippen LogP contribution >= 0.6 is 11.3 Å². The molecule has 2 heterocycles. The topological polar surface area (TPSA) is 66.9 Å². The molecule has 0 radical (unpaired) electrons. The largest absolute Gasteiger partial charge is 0.365 e. The SMILES string of the molecule is Cc1ccc(C(=O)Nc2csc3c(NCc4ccccc4)ncnc23)cc1. The van der Waals surface area contributed by atoms with Gasteiger partial charge in [0.15, 0.2) is 0 Å². The van der Waals surface area contributed by atoms with Crippen LogP contribution in [0, 0.1) is 6.92 Å². The second kappa shape index (κ2) is 7.55. The number of anilines is 2. The molecule has 27 heavy (non-hydrogen) atoms. The highest BCUT2D eigenvalue weighted by atomic mass is 32.1. The molecular formula is C21H18N4OS. The van der Waals surface area contributed by atoms with Gasteiger partial charge >= 0.3 is 0 Å². The number of benzene rings is 2. The fourth-order valence-electron chi connectivity index (χ4n) is 2.75. The number of carbonyl (C=O) groups is 1. The zero-order valence-electron chi connectivity index (χ0n) is 14.8. The number of nitrogens with zero attached hydrogens (tertiary/aromatic N) is 2. The first-order valence-electron chi connectivity index (χ1n) is 8.59. The maximum Gasteiger partial charge on any atom is 0.255 e. The van der Waals surface area contributed by atoms with Gasteiger partial charge in [-0.2, -0.15) is 0 Å². The van der Waals surface area contributed by atoms with Crippen LogP contribution in [-0.4, -0.2) is 15.9 Å². The zero-order chi connectivity index (χ0) is 18.6. The maximum atomic E-state index is 12.5. The van der Waals surface area contributed by atoms with Gasteiger partial charge in [0.1, 0.15) is 17.7 Å². The Hall–Kier alpha value is -3.25. The van der Waals surface area contributed by atoms with E-state index in [9.17, 15) is 4.79 Å². The molecule has 0 unspecified atom stereocenters. The summed E-state index contributed by atoms with van der Waals surface area (Å²) in [5.74, 6) is 0.622. The van der Waals surface area contributed by atoms with Crippen molar-refractivity contribution in [3.63, 3.8) is 0 Å². The molecule has 2 aromatic heterocycles. The molecule has 1 amide bonds. The monoisotopic (exact) mass is 374 g/mol. The summed E-state index contributed by atoms with van der Waals surface area (Å²) in [6, 6.07) is 17.6. The summed E-state index contributed by atoms with van der Waals surface area (Å²) < 4.78 is 0.924. The van der Waals surface area contributed by atoms with Crippen molar-refractivity contribution in [1.29, 1.82) is 0 Å². The van der Waals surface area contributed by atoms with E-state index in [0.717, 1.165) is 21.6 Å². The highest BCUT2D eigenvalue weighted by Crippen LogP contribution is 2.33. The Morgan fingerprint density at radius 2 is 1.81 bits per heavy atom. The Morgan fingerprint density at radius 1 is 1.04 bits per heavy atom. The van der Waals surface area contributed by atoms with Crippen LogP contribution in [0.1, 0.15) is 21.5 Å². The molecule has 4 rings (SSSR count). The number of amides is 1. The number of aryl methyl sites for hydroxylation is 1. The highest BCUT2D eigenvalue weighted by molar-refractivity contribution is 7.18. The molecule has 5 nitrogen and oxygen atoms in total. The quantitative estimate of drug-likeness (QED) is 0.523. The van der Waals surface area contributed by atoms with Crippen LogP contribution in [-0.2, 0) is 6.54 Å². The van der Waals surface area contributed by atoms with Crippen LogP contribution < -0.4 is 10.6 Å². The summed E-state index contributed by atoms with van der Waals surface area (Å²) in [6.07, 6.45) is 1.52. The first-order valence-corrected chi connectivity index (χ1v) is 9.47. The van der Waals surface area contributed by atoms with Crippen molar-refractivity contribution >= 4 is 39.0 Å². The van der Waals surface area contributed by atoms with Gasteiger partial charge < -0.3 is 10.6 Å². The predicted molar refractivity (Wildman–Crippen MR) is 110 cm³/mol. The number of aromatic nitrogens is 2. The van der Waals surface area contributed by atoms with Gasteiger partial charge in [-0.1, -0.05) is 48.0 Å². The van der Waals surface area contributed by atoms with Crippen molar-refractivity contribution < 1.29 is 4.79 Å². The van der Waals surface area contributed by atoms with E-state index < -0.39 is 0 Å². The Labute approximate surface area is 161 Å². The van der Waals surface area contributed by atoms with E-state index >= 15 is 0 Å². The second-order valence-corrected chi connectivity index (χ2v) is 7.09. The minimum Gasteiger partial charge on any atom is -0.365 e. The molecule has 0 spiro atoms. The minimum atomic E-state index is -0.146. The number of hydrogen-bond acceptors (Lipinski definition) is 5. The Morgan fingerprint density at radius 3 is 2.59 bits per heavy atom. The number of thiophene rings is 1. The summed E-state index contributed by atoms with van der Waals surface area (Å²) in [4.78, 5) is 21.2. The van der Waals surface area contributed by atoms with Gasteiger partial charge in [-0.25, -0.2) is 9.97 Å². The molecule has 0 saturated carbocycles. The number of nitrogens with one attached hydrogen (secondary N) is 2. The van der Waals surface area contributed by atoms with E-state index in [1.54, 1.807) is 0 Å². The standard InChI is InChI=1S/C21H18N4OS/c1-14-7-9-16(10-8-14)21(26)25-17-12-27-19-18(17)23-13-24-20(19)22-11-15-5-3-2-4-6-15/h2-10,12-13H,11H2,1H3,(H,25,26)(H,22,23,24). The molecule has 4 aromatic rings. The smallest absolute Gasteiger partial charge is 0.255 e. The van der Waals surface area contributed by atoms with Gasteiger partial charge in [0.05, 0.1) is 10.4 Å². The molecule has 134 valence electrons. The van der Waals surface area contributed by atoms with E-state index in [0.29, 0.717) is 17.8 Å². The summed E-state index contributed by atoms with van der Waals surface area (Å²) in [5.41, 5.74) is 4.36. The third kappa shape index (κ3) is 3.80. The van der Waals surface area contributed by atoms with Crippen LogP contribution in [0.25, 0.3) is 10.2 Å². The van der Waals surface area contributed by atoms with Gasteiger partial charge in [-0.3, -0.25) is 4.79 Å². The van der Waals surface area contributed by atoms with Crippen molar-refractivity contribution in [1.82, 2.24) is 9.97 Å². The number of carbonyl (C=O) groups excluding carboxylic acids is 1. The van der Waals surface area contributed by atoms with Crippen LogP contribution in [0.4, 0.5) is 11.5 Å². The predicted octanol–water partition coefficient (Wildman–Crippen LogP) is 4.86. The maximum absolute atomic E-state index is 12.5. The van der Waals surface area contributed by atoms with Crippen molar-refractivity contribution in [2.75, 3.05) is 10.6 Å². The van der Waals surface area contributed by atoms with Crippen LogP contribution in [0.3, 0.4) is 0 Å². The molecule has 0 aliphatic heterocycles. The molecule has 2 aromatic carbocycles. The normalized spacial score (nSPS) is 10.7. The fraction of sp³-hybridized carbons (Fsp3) is 0.0952. The Kier molecular flexibility index (Phi) is 4.80. The molecule has 0 saturated heterocycles. The molecule has 0 atom stereocenters. The Balaban J connectivity index is 1.55. The lowest BCUT2D eigenvalue weighted by atomic mass is 10.1. The lowest BCUT2D eigenvalue weighted by molar-refractivity contribution is 0.102. The summed E-state index contributed by atoms with van der Waals surface area (Å²) in [5, 5.41) is 8.21. The Bertz CT molecular complexity index is 1070. The van der Waals surface area contributed by atoms with Crippen LogP contribution in [0.2, 0.25) is 0 Å². The van der Waals surface area contributed by atoms with Crippen LogP contribution in [0.5, 0.6) is 0 Å². The fourth-order valence-corrected chi connectivity index (χ4v) is 3.66. The lowest BCUT2D eigenvalue weighted by Gasteiger charge is -2.07. The van der Waals surface area contributed by atoms with Gasteiger partial charge in [0.2, 0.25) is 0 Å².